The normalized spacial score (nSPS) is 9.36. The summed E-state index contributed by atoms with van der Waals surface area (Å²) in [6, 6.07) is 0. The molecule has 0 aromatic heterocycles. The fourth-order valence-corrected chi connectivity index (χ4v) is 1.26. The molecule has 0 aliphatic heterocycles. The highest BCUT2D eigenvalue weighted by Gasteiger charge is 2.09. The Balaban J connectivity index is 3.67. The van der Waals surface area contributed by atoms with Crippen LogP contribution in [0.15, 0.2) is 0 Å². The maximum Gasteiger partial charge on any atom is 0.407 e. The molecule has 0 heterocycles. The minimum absolute atomic E-state index is 0.0204. The summed E-state index contributed by atoms with van der Waals surface area (Å²) >= 11 is 1.65. The van der Waals surface area contributed by atoms with Crippen molar-refractivity contribution >= 4 is 23.8 Å². The summed E-state index contributed by atoms with van der Waals surface area (Å²) in [6.45, 7) is 2.00. The fourth-order valence-electron chi connectivity index (χ4n) is 0.655. The number of rotatable bonds is 5. The zero-order valence-corrected chi connectivity index (χ0v) is 9.52. The first-order chi connectivity index (χ1) is 6.61. The number of nitrogens with one attached hydrogen (secondary N) is 1. The SMILES string of the molecule is CCSCN(C)C(=O)CNC(=O)OC. The van der Waals surface area contributed by atoms with E-state index in [1.165, 1.54) is 7.11 Å². The van der Waals surface area contributed by atoms with Gasteiger partial charge in [-0.2, -0.15) is 0 Å². The molecule has 5 nitrogen and oxygen atoms in total. The molecule has 0 radical (unpaired) electrons. The summed E-state index contributed by atoms with van der Waals surface area (Å²) in [5, 5.41) is 2.33. The number of amides is 2. The van der Waals surface area contributed by atoms with Crippen LogP contribution in [0.2, 0.25) is 0 Å². The van der Waals surface area contributed by atoms with E-state index in [-0.39, 0.29) is 12.5 Å². The largest absolute Gasteiger partial charge is 0.453 e. The van der Waals surface area contributed by atoms with Crippen LogP contribution in [0.25, 0.3) is 0 Å². The van der Waals surface area contributed by atoms with Gasteiger partial charge in [-0.25, -0.2) is 4.79 Å². The Morgan fingerprint density at radius 1 is 1.50 bits per heavy atom. The Morgan fingerprint density at radius 3 is 2.64 bits per heavy atom. The molecule has 0 saturated heterocycles. The van der Waals surface area contributed by atoms with Crippen LogP contribution in [0.3, 0.4) is 0 Å². The number of carbonyl (C=O) groups excluding carboxylic acids is 2. The molecule has 0 aromatic carbocycles. The van der Waals surface area contributed by atoms with Crippen molar-refractivity contribution in [2.75, 3.05) is 32.3 Å². The van der Waals surface area contributed by atoms with Gasteiger partial charge in [-0.15, -0.1) is 11.8 Å². The molecule has 0 aliphatic rings. The lowest BCUT2D eigenvalue weighted by atomic mass is 10.5. The van der Waals surface area contributed by atoms with Gasteiger partial charge >= 0.3 is 6.09 Å². The van der Waals surface area contributed by atoms with Gasteiger partial charge in [-0.05, 0) is 5.75 Å². The van der Waals surface area contributed by atoms with Crippen LogP contribution >= 0.6 is 11.8 Å². The van der Waals surface area contributed by atoms with Crippen LogP contribution in [0, 0.1) is 0 Å². The maximum atomic E-state index is 11.3. The lowest BCUT2D eigenvalue weighted by Crippen LogP contribution is -2.37. The molecule has 0 aromatic rings. The van der Waals surface area contributed by atoms with Crippen molar-refractivity contribution in [3.8, 4) is 0 Å². The molecule has 1 N–H and O–H groups in total. The highest BCUT2D eigenvalue weighted by molar-refractivity contribution is 7.99. The number of nitrogens with zero attached hydrogens (tertiary/aromatic N) is 1. The maximum absolute atomic E-state index is 11.3. The first kappa shape index (κ1) is 13.1. The number of methoxy groups -OCH3 is 1. The molecule has 6 heteroatoms. The molecule has 0 spiro atoms. The Bertz CT molecular complexity index is 199. The molecular formula is C8H16N2O3S. The second-order valence-electron chi connectivity index (χ2n) is 2.56. The minimum atomic E-state index is -0.588. The summed E-state index contributed by atoms with van der Waals surface area (Å²) in [5.41, 5.74) is 0. The number of hydrogen-bond acceptors (Lipinski definition) is 4. The average molecular weight is 220 g/mol. The van der Waals surface area contributed by atoms with Crippen molar-refractivity contribution in [2.24, 2.45) is 0 Å². The molecule has 0 bridgehead atoms. The van der Waals surface area contributed by atoms with Crippen molar-refractivity contribution in [2.45, 2.75) is 6.92 Å². The summed E-state index contributed by atoms with van der Waals surface area (Å²) in [5.74, 6) is 1.47. The number of likely N-dealkylation sites (N-methyl/N-ethyl adjacent to an activating group) is 1. The predicted molar refractivity (Wildman–Crippen MR) is 56.2 cm³/mol. The first-order valence-corrected chi connectivity index (χ1v) is 5.40. The highest BCUT2D eigenvalue weighted by Crippen LogP contribution is 2.00. The van der Waals surface area contributed by atoms with Crippen molar-refractivity contribution in [1.29, 1.82) is 0 Å². The van der Waals surface area contributed by atoms with Gasteiger partial charge in [-0.3, -0.25) is 4.79 Å². The molecule has 0 unspecified atom stereocenters. The number of ether oxygens (including phenoxy) is 1. The van der Waals surface area contributed by atoms with Crippen LogP contribution in [-0.2, 0) is 9.53 Å². The van der Waals surface area contributed by atoms with E-state index in [2.05, 4.69) is 10.1 Å². The fraction of sp³-hybridized carbons (Fsp3) is 0.750. The molecular weight excluding hydrogens is 204 g/mol. The van der Waals surface area contributed by atoms with Gasteiger partial charge in [0.25, 0.3) is 0 Å². The van der Waals surface area contributed by atoms with Gasteiger partial charge in [0.1, 0.15) is 6.54 Å². The van der Waals surface area contributed by atoms with Crippen LogP contribution in [0.1, 0.15) is 6.92 Å². The quantitative estimate of drug-likeness (QED) is 0.686. The van der Waals surface area contributed by atoms with Crippen molar-refractivity contribution in [3.63, 3.8) is 0 Å². The Morgan fingerprint density at radius 2 is 2.14 bits per heavy atom. The molecule has 0 saturated carbocycles. The van der Waals surface area contributed by atoms with Gasteiger partial charge in [0, 0.05) is 7.05 Å². The van der Waals surface area contributed by atoms with E-state index < -0.39 is 6.09 Å². The predicted octanol–water partition coefficient (Wildman–Crippen LogP) is 0.511. The topological polar surface area (TPSA) is 58.6 Å². The third kappa shape index (κ3) is 5.69. The third-order valence-corrected chi connectivity index (χ3v) is 2.46. The Kier molecular flexibility index (Phi) is 7.00. The van der Waals surface area contributed by atoms with Crippen molar-refractivity contribution < 1.29 is 14.3 Å². The van der Waals surface area contributed by atoms with Gasteiger partial charge in [0.05, 0.1) is 13.0 Å². The van der Waals surface area contributed by atoms with E-state index in [9.17, 15) is 9.59 Å². The lowest BCUT2D eigenvalue weighted by molar-refractivity contribution is -0.127. The second-order valence-corrected chi connectivity index (χ2v) is 3.80. The zero-order chi connectivity index (χ0) is 11.0. The average Bonchev–Trinajstić information content (AvgIpc) is 2.21. The summed E-state index contributed by atoms with van der Waals surface area (Å²) in [6.07, 6.45) is -0.588. The van der Waals surface area contributed by atoms with E-state index in [4.69, 9.17) is 0 Å². The molecule has 14 heavy (non-hydrogen) atoms. The molecule has 82 valence electrons. The molecule has 0 rings (SSSR count). The zero-order valence-electron chi connectivity index (χ0n) is 8.70. The van der Waals surface area contributed by atoms with Crippen LogP contribution in [-0.4, -0.2) is 49.2 Å². The van der Waals surface area contributed by atoms with Crippen molar-refractivity contribution in [3.05, 3.63) is 0 Å². The summed E-state index contributed by atoms with van der Waals surface area (Å²) in [4.78, 5) is 23.5. The third-order valence-electron chi connectivity index (χ3n) is 1.48. The minimum Gasteiger partial charge on any atom is -0.453 e. The van der Waals surface area contributed by atoms with E-state index in [0.29, 0.717) is 5.88 Å². The number of thioether (sulfide) groups is 1. The van der Waals surface area contributed by atoms with Crippen LogP contribution in [0.5, 0.6) is 0 Å². The first-order valence-electron chi connectivity index (χ1n) is 4.25. The number of alkyl carbamates (subject to hydrolysis) is 1. The molecule has 0 fully saturated rings. The monoisotopic (exact) mass is 220 g/mol. The molecule has 0 atom stereocenters. The standard InChI is InChI=1S/C8H16N2O3S/c1-4-14-6-10(2)7(11)5-9-8(12)13-3/h4-6H2,1-3H3,(H,9,12). The van der Waals surface area contributed by atoms with Crippen LogP contribution in [0.4, 0.5) is 4.79 Å². The highest BCUT2D eigenvalue weighted by atomic mass is 32.2. The smallest absolute Gasteiger partial charge is 0.407 e. The number of hydrogen-bond donors (Lipinski definition) is 1. The number of carbonyl (C=O) groups is 2. The van der Waals surface area contributed by atoms with Gasteiger partial charge < -0.3 is 15.0 Å². The van der Waals surface area contributed by atoms with Gasteiger partial charge in [0.15, 0.2) is 0 Å². The Hall–Kier alpha value is -0.910. The Labute approximate surface area is 88.2 Å². The van der Waals surface area contributed by atoms with E-state index in [1.807, 2.05) is 6.92 Å². The summed E-state index contributed by atoms with van der Waals surface area (Å²) < 4.78 is 4.34. The van der Waals surface area contributed by atoms with Crippen molar-refractivity contribution in [1.82, 2.24) is 10.2 Å². The van der Waals surface area contributed by atoms with E-state index in [1.54, 1.807) is 23.7 Å². The van der Waals surface area contributed by atoms with Gasteiger partial charge in [0.2, 0.25) is 5.91 Å². The lowest BCUT2D eigenvalue weighted by Gasteiger charge is -2.16. The van der Waals surface area contributed by atoms with E-state index >= 15 is 0 Å². The molecule has 2 amide bonds. The summed E-state index contributed by atoms with van der Waals surface area (Å²) in [7, 11) is 2.96. The van der Waals surface area contributed by atoms with Crippen LogP contribution < -0.4 is 5.32 Å². The van der Waals surface area contributed by atoms with Gasteiger partial charge in [-0.1, -0.05) is 6.92 Å². The van der Waals surface area contributed by atoms with E-state index in [0.717, 1.165) is 5.75 Å². The molecule has 0 aliphatic carbocycles. The second kappa shape index (κ2) is 7.49.